The molecule has 18 heavy (non-hydrogen) atoms. The van der Waals surface area contributed by atoms with Crippen LogP contribution in [-0.2, 0) is 11.3 Å². The lowest BCUT2D eigenvalue weighted by Gasteiger charge is -2.06. The number of esters is 1. The van der Waals surface area contributed by atoms with E-state index in [1.54, 1.807) is 24.3 Å². The van der Waals surface area contributed by atoms with E-state index in [1.165, 1.54) is 0 Å². The highest BCUT2D eigenvalue weighted by molar-refractivity contribution is 5.98. The minimum atomic E-state index is -0.485. The van der Waals surface area contributed by atoms with Gasteiger partial charge in [-0.25, -0.2) is 4.79 Å². The van der Waals surface area contributed by atoms with Crippen molar-refractivity contribution >= 4 is 12.3 Å². The van der Waals surface area contributed by atoms with E-state index in [1.807, 2.05) is 30.3 Å². The van der Waals surface area contributed by atoms with Gasteiger partial charge < -0.3 is 4.74 Å². The van der Waals surface area contributed by atoms with E-state index < -0.39 is 5.97 Å². The maximum atomic E-state index is 11.8. The zero-order valence-corrected chi connectivity index (χ0v) is 9.71. The summed E-state index contributed by atoms with van der Waals surface area (Å²) in [6.07, 6.45) is 0.652. The van der Waals surface area contributed by atoms with Gasteiger partial charge in [0.05, 0.1) is 5.56 Å². The van der Waals surface area contributed by atoms with Crippen molar-refractivity contribution < 1.29 is 14.3 Å². The SMILES string of the molecule is O=Cc1ccccc1C(=O)OCc1ccccc1. The van der Waals surface area contributed by atoms with Crippen LogP contribution in [-0.4, -0.2) is 12.3 Å². The second-order valence-corrected chi connectivity index (χ2v) is 3.77. The molecule has 0 aromatic heterocycles. The average Bonchev–Trinajstić information content (AvgIpc) is 2.45. The molecular formula is C15H12O3. The van der Waals surface area contributed by atoms with Crippen LogP contribution in [0, 0.1) is 0 Å². The quantitative estimate of drug-likeness (QED) is 0.609. The van der Waals surface area contributed by atoms with E-state index >= 15 is 0 Å². The number of benzene rings is 2. The monoisotopic (exact) mass is 240 g/mol. The molecule has 0 N–H and O–H groups in total. The molecule has 0 aliphatic carbocycles. The molecule has 3 heteroatoms. The fourth-order valence-electron chi connectivity index (χ4n) is 1.59. The third kappa shape index (κ3) is 2.83. The summed E-state index contributed by atoms with van der Waals surface area (Å²) in [6, 6.07) is 16.0. The Bertz CT molecular complexity index is 547. The fraction of sp³-hybridized carbons (Fsp3) is 0.0667. The Morgan fingerprint density at radius 2 is 1.67 bits per heavy atom. The van der Waals surface area contributed by atoms with Crippen molar-refractivity contribution in [1.29, 1.82) is 0 Å². The number of hydrogen-bond acceptors (Lipinski definition) is 3. The maximum absolute atomic E-state index is 11.8. The number of rotatable bonds is 4. The fourth-order valence-corrected chi connectivity index (χ4v) is 1.59. The molecule has 0 saturated carbocycles. The van der Waals surface area contributed by atoms with Gasteiger partial charge in [-0.05, 0) is 11.6 Å². The molecule has 0 saturated heterocycles. The summed E-state index contributed by atoms with van der Waals surface area (Å²) in [5.74, 6) is -0.485. The first-order chi connectivity index (χ1) is 8.81. The van der Waals surface area contributed by atoms with E-state index in [4.69, 9.17) is 4.74 Å². The average molecular weight is 240 g/mol. The van der Waals surface area contributed by atoms with Gasteiger partial charge in [-0.15, -0.1) is 0 Å². The highest BCUT2D eigenvalue weighted by atomic mass is 16.5. The molecule has 0 aliphatic heterocycles. The molecular weight excluding hydrogens is 228 g/mol. The Hall–Kier alpha value is -2.42. The van der Waals surface area contributed by atoms with Crippen LogP contribution >= 0.6 is 0 Å². The molecule has 0 amide bonds. The molecule has 2 aromatic rings. The number of carbonyl (C=O) groups is 2. The normalized spacial score (nSPS) is 9.78. The molecule has 90 valence electrons. The van der Waals surface area contributed by atoms with Crippen LogP contribution < -0.4 is 0 Å². The van der Waals surface area contributed by atoms with Gasteiger partial charge in [-0.1, -0.05) is 48.5 Å². The number of hydrogen-bond donors (Lipinski definition) is 0. The second kappa shape index (κ2) is 5.77. The molecule has 2 aromatic carbocycles. The Labute approximate surface area is 105 Å². The molecule has 0 atom stereocenters. The van der Waals surface area contributed by atoms with Crippen molar-refractivity contribution in [1.82, 2.24) is 0 Å². The van der Waals surface area contributed by atoms with Gasteiger partial charge in [-0.3, -0.25) is 4.79 Å². The summed E-state index contributed by atoms with van der Waals surface area (Å²) in [4.78, 5) is 22.6. The molecule has 3 nitrogen and oxygen atoms in total. The molecule has 2 rings (SSSR count). The Balaban J connectivity index is 2.06. The van der Waals surface area contributed by atoms with Gasteiger partial charge >= 0.3 is 5.97 Å². The largest absolute Gasteiger partial charge is 0.457 e. The zero-order chi connectivity index (χ0) is 12.8. The first-order valence-corrected chi connectivity index (χ1v) is 5.56. The van der Waals surface area contributed by atoms with Crippen LogP contribution in [0.3, 0.4) is 0 Å². The first-order valence-electron chi connectivity index (χ1n) is 5.56. The van der Waals surface area contributed by atoms with Gasteiger partial charge in [-0.2, -0.15) is 0 Å². The number of carbonyl (C=O) groups excluding carboxylic acids is 2. The lowest BCUT2D eigenvalue weighted by molar-refractivity contribution is 0.0471. The van der Waals surface area contributed by atoms with E-state index in [0.717, 1.165) is 5.56 Å². The summed E-state index contributed by atoms with van der Waals surface area (Å²) in [7, 11) is 0. The first kappa shape index (κ1) is 12.0. The number of aldehydes is 1. The van der Waals surface area contributed by atoms with Gasteiger partial charge in [0.2, 0.25) is 0 Å². The summed E-state index contributed by atoms with van der Waals surface area (Å²) in [5.41, 5.74) is 1.55. The highest BCUT2D eigenvalue weighted by Crippen LogP contribution is 2.10. The van der Waals surface area contributed by atoms with Crippen LogP contribution in [0.2, 0.25) is 0 Å². The minimum Gasteiger partial charge on any atom is -0.457 e. The smallest absolute Gasteiger partial charge is 0.339 e. The highest BCUT2D eigenvalue weighted by Gasteiger charge is 2.11. The second-order valence-electron chi connectivity index (χ2n) is 3.77. The molecule has 0 fully saturated rings. The van der Waals surface area contributed by atoms with Crippen molar-refractivity contribution in [3.8, 4) is 0 Å². The van der Waals surface area contributed by atoms with Crippen molar-refractivity contribution in [2.45, 2.75) is 6.61 Å². The van der Waals surface area contributed by atoms with E-state index in [0.29, 0.717) is 17.4 Å². The molecule has 0 aliphatic rings. The van der Waals surface area contributed by atoms with E-state index in [9.17, 15) is 9.59 Å². The molecule has 0 unspecified atom stereocenters. The van der Waals surface area contributed by atoms with Crippen molar-refractivity contribution in [2.75, 3.05) is 0 Å². The summed E-state index contributed by atoms with van der Waals surface area (Å²) in [5, 5.41) is 0. The molecule has 0 bridgehead atoms. The molecule has 0 radical (unpaired) electrons. The lowest BCUT2D eigenvalue weighted by atomic mass is 10.1. The minimum absolute atomic E-state index is 0.201. The standard InChI is InChI=1S/C15H12O3/c16-10-13-8-4-5-9-14(13)15(17)18-11-12-6-2-1-3-7-12/h1-10H,11H2. The lowest BCUT2D eigenvalue weighted by Crippen LogP contribution is -2.08. The third-order valence-electron chi connectivity index (χ3n) is 2.52. The predicted molar refractivity (Wildman–Crippen MR) is 67.4 cm³/mol. The van der Waals surface area contributed by atoms with E-state index in [-0.39, 0.29) is 6.61 Å². The van der Waals surface area contributed by atoms with Crippen LogP contribution in [0.15, 0.2) is 54.6 Å². The van der Waals surface area contributed by atoms with Crippen LogP contribution in [0.25, 0.3) is 0 Å². The molecule has 0 spiro atoms. The number of ether oxygens (including phenoxy) is 1. The zero-order valence-electron chi connectivity index (χ0n) is 9.71. The topological polar surface area (TPSA) is 43.4 Å². The maximum Gasteiger partial charge on any atom is 0.339 e. The predicted octanol–water partition coefficient (Wildman–Crippen LogP) is 2.86. The summed E-state index contributed by atoms with van der Waals surface area (Å²) >= 11 is 0. The van der Waals surface area contributed by atoms with Gasteiger partial charge in [0, 0.05) is 5.56 Å². The Kier molecular flexibility index (Phi) is 3.86. The van der Waals surface area contributed by atoms with E-state index in [2.05, 4.69) is 0 Å². The van der Waals surface area contributed by atoms with Crippen LogP contribution in [0.1, 0.15) is 26.3 Å². The third-order valence-corrected chi connectivity index (χ3v) is 2.52. The van der Waals surface area contributed by atoms with Crippen LogP contribution in [0.4, 0.5) is 0 Å². The van der Waals surface area contributed by atoms with Gasteiger partial charge in [0.25, 0.3) is 0 Å². The van der Waals surface area contributed by atoms with Crippen molar-refractivity contribution in [3.63, 3.8) is 0 Å². The van der Waals surface area contributed by atoms with Gasteiger partial charge in [0.1, 0.15) is 6.61 Å². The van der Waals surface area contributed by atoms with Crippen molar-refractivity contribution in [3.05, 3.63) is 71.3 Å². The summed E-state index contributed by atoms with van der Waals surface area (Å²) < 4.78 is 5.16. The Morgan fingerprint density at radius 3 is 2.39 bits per heavy atom. The Morgan fingerprint density at radius 1 is 1.00 bits per heavy atom. The summed E-state index contributed by atoms with van der Waals surface area (Å²) in [6.45, 7) is 0.201. The van der Waals surface area contributed by atoms with Crippen LogP contribution in [0.5, 0.6) is 0 Å². The van der Waals surface area contributed by atoms with Gasteiger partial charge in [0.15, 0.2) is 6.29 Å². The van der Waals surface area contributed by atoms with Crippen molar-refractivity contribution in [2.24, 2.45) is 0 Å². The molecule has 0 heterocycles.